The average Bonchev–Trinajstić information content (AvgIpc) is 2.27. The molecule has 0 aliphatic rings. The number of nitrogens with one attached hydrogen (secondary N) is 2. The zero-order valence-corrected chi connectivity index (χ0v) is 9.53. The van der Waals surface area contributed by atoms with E-state index in [1.54, 1.807) is 24.3 Å². The second-order valence-electron chi connectivity index (χ2n) is 3.54. The van der Waals surface area contributed by atoms with Crippen LogP contribution >= 0.6 is 0 Å². The minimum Gasteiger partial charge on any atom is -0.349 e. The lowest BCUT2D eigenvalue weighted by atomic mass is 10.2. The van der Waals surface area contributed by atoms with E-state index in [1.165, 1.54) is 6.92 Å². The SMILES string of the molecule is CC(=O)NCC(=O)CC(=O)Nc1ccccc1. The highest BCUT2D eigenvalue weighted by molar-refractivity contribution is 6.05. The summed E-state index contributed by atoms with van der Waals surface area (Å²) in [6, 6.07) is 8.87. The van der Waals surface area contributed by atoms with Gasteiger partial charge in [-0.25, -0.2) is 0 Å². The summed E-state index contributed by atoms with van der Waals surface area (Å²) in [6.45, 7) is 1.20. The molecule has 1 aromatic carbocycles. The predicted octanol–water partition coefficient (Wildman–Crippen LogP) is 0.720. The molecule has 17 heavy (non-hydrogen) atoms. The first kappa shape index (κ1) is 12.9. The van der Waals surface area contributed by atoms with Gasteiger partial charge in [0.2, 0.25) is 11.8 Å². The van der Waals surface area contributed by atoms with Crippen LogP contribution in [-0.4, -0.2) is 24.1 Å². The number of amides is 2. The lowest BCUT2D eigenvalue weighted by molar-refractivity contribution is -0.127. The molecule has 2 amide bonds. The fourth-order valence-corrected chi connectivity index (χ4v) is 1.19. The van der Waals surface area contributed by atoms with Crippen molar-refractivity contribution in [1.82, 2.24) is 5.32 Å². The summed E-state index contributed by atoms with van der Waals surface area (Å²) in [6.07, 6.45) is -0.241. The number of anilines is 1. The highest BCUT2D eigenvalue weighted by atomic mass is 16.2. The Morgan fingerprint density at radius 1 is 1.12 bits per heavy atom. The normalized spacial score (nSPS) is 9.47. The molecule has 1 aromatic rings. The Bertz CT molecular complexity index is 415. The summed E-state index contributed by atoms with van der Waals surface area (Å²) in [5, 5.41) is 4.93. The van der Waals surface area contributed by atoms with Gasteiger partial charge in [0.05, 0.1) is 13.0 Å². The predicted molar refractivity (Wildman–Crippen MR) is 63.4 cm³/mol. The van der Waals surface area contributed by atoms with Crippen molar-refractivity contribution >= 4 is 23.3 Å². The molecule has 5 heteroatoms. The first-order chi connectivity index (χ1) is 8.08. The molecule has 0 saturated heterocycles. The Morgan fingerprint density at radius 2 is 1.76 bits per heavy atom. The van der Waals surface area contributed by atoms with Crippen molar-refractivity contribution in [2.24, 2.45) is 0 Å². The van der Waals surface area contributed by atoms with Gasteiger partial charge in [0.1, 0.15) is 0 Å². The zero-order chi connectivity index (χ0) is 12.7. The molecule has 0 aliphatic carbocycles. The van der Waals surface area contributed by atoms with Gasteiger partial charge in [-0.2, -0.15) is 0 Å². The Balaban J connectivity index is 2.35. The van der Waals surface area contributed by atoms with Gasteiger partial charge < -0.3 is 10.6 Å². The zero-order valence-electron chi connectivity index (χ0n) is 9.53. The molecule has 0 unspecified atom stereocenters. The fourth-order valence-electron chi connectivity index (χ4n) is 1.19. The highest BCUT2D eigenvalue weighted by Crippen LogP contribution is 2.05. The van der Waals surface area contributed by atoms with E-state index in [0.29, 0.717) is 5.69 Å². The van der Waals surface area contributed by atoms with Crippen LogP contribution in [0.5, 0.6) is 0 Å². The molecule has 0 aromatic heterocycles. The van der Waals surface area contributed by atoms with Crippen LogP contribution in [0.25, 0.3) is 0 Å². The summed E-state index contributed by atoms with van der Waals surface area (Å²) in [5.41, 5.74) is 0.643. The summed E-state index contributed by atoms with van der Waals surface area (Å²) >= 11 is 0. The number of benzene rings is 1. The summed E-state index contributed by atoms with van der Waals surface area (Å²) < 4.78 is 0. The minimum atomic E-state index is -0.383. The molecular weight excluding hydrogens is 220 g/mol. The quantitative estimate of drug-likeness (QED) is 0.737. The monoisotopic (exact) mass is 234 g/mol. The molecular formula is C12H14N2O3. The van der Waals surface area contributed by atoms with E-state index < -0.39 is 0 Å². The van der Waals surface area contributed by atoms with E-state index in [2.05, 4.69) is 10.6 Å². The third-order valence-corrected chi connectivity index (χ3v) is 1.95. The van der Waals surface area contributed by atoms with Crippen molar-refractivity contribution in [3.05, 3.63) is 30.3 Å². The lowest BCUT2D eigenvalue weighted by Gasteiger charge is -2.04. The van der Waals surface area contributed by atoms with Crippen LogP contribution in [0, 0.1) is 0 Å². The average molecular weight is 234 g/mol. The van der Waals surface area contributed by atoms with Crippen molar-refractivity contribution in [1.29, 1.82) is 0 Å². The Labute approximate surface area is 99.2 Å². The first-order valence-corrected chi connectivity index (χ1v) is 5.19. The molecule has 0 aliphatic heterocycles. The molecule has 0 heterocycles. The third-order valence-electron chi connectivity index (χ3n) is 1.95. The number of hydrogen-bond acceptors (Lipinski definition) is 3. The molecule has 0 bridgehead atoms. The number of para-hydroxylation sites is 1. The molecule has 0 atom stereocenters. The molecule has 1 rings (SSSR count). The van der Waals surface area contributed by atoms with E-state index in [1.807, 2.05) is 6.07 Å². The van der Waals surface area contributed by atoms with Crippen LogP contribution in [0.2, 0.25) is 0 Å². The van der Waals surface area contributed by atoms with Crippen LogP contribution < -0.4 is 10.6 Å². The molecule has 0 saturated carbocycles. The molecule has 90 valence electrons. The molecule has 0 spiro atoms. The molecule has 2 N–H and O–H groups in total. The van der Waals surface area contributed by atoms with E-state index in [4.69, 9.17) is 0 Å². The largest absolute Gasteiger partial charge is 0.349 e. The number of rotatable bonds is 5. The topological polar surface area (TPSA) is 75.3 Å². The summed E-state index contributed by atoms with van der Waals surface area (Å²) in [5.74, 6) is -0.998. The van der Waals surface area contributed by atoms with Gasteiger partial charge in [0.15, 0.2) is 5.78 Å². The van der Waals surface area contributed by atoms with Crippen molar-refractivity contribution in [3.8, 4) is 0 Å². The number of carbonyl (C=O) groups excluding carboxylic acids is 3. The highest BCUT2D eigenvalue weighted by Gasteiger charge is 2.09. The molecule has 0 fully saturated rings. The number of ketones is 1. The minimum absolute atomic E-state index is 0.114. The maximum absolute atomic E-state index is 11.4. The van der Waals surface area contributed by atoms with Gasteiger partial charge in [0, 0.05) is 12.6 Å². The van der Waals surface area contributed by atoms with Crippen molar-refractivity contribution < 1.29 is 14.4 Å². The van der Waals surface area contributed by atoms with Crippen LogP contribution in [0.3, 0.4) is 0 Å². The van der Waals surface area contributed by atoms with Crippen LogP contribution in [0.4, 0.5) is 5.69 Å². The standard InChI is InChI=1S/C12H14N2O3/c1-9(15)13-8-11(16)7-12(17)14-10-5-3-2-4-6-10/h2-6H,7-8H2,1H3,(H,13,15)(H,14,17). The lowest BCUT2D eigenvalue weighted by Crippen LogP contribution is -2.29. The molecule has 5 nitrogen and oxygen atoms in total. The Morgan fingerprint density at radius 3 is 2.35 bits per heavy atom. The Kier molecular flexibility index (Phi) is 4.87. The third kappa shape index (κ3) is 5.46. The van der Waals surface area contributed by atoms with Gasteiger partial charge in [-0.05, 0) is 12.1 Å². The second kappa shape index (κ2) is 6.42. The van der Waals surface area contributed by atoms with Crippen molar-refractivity contribution in [2.75, 3.05) is 11.9 Å². The molecule has 0 radical (unpaired) electrons. The number of carbonyl (C=O) groups is 3. The van der Waals surface area contributed by atoms with Crippen LogP contribution in [-0.2, 0) is 14.4 Å². The van der Waals surface area contributed by atoms with Gasteiger partial charge in [-0.3, -0.25) is 14.4 Å². The van der Waals surface area contributed by atoms with Crippen molar-refractivity contribution in [3.63, 3.8) is 0 Å². The maximum Gasteiger partial charge on any atom is 0.231 e. The number of hydrogen-bond donors (Lipinski definition) is 2. The van der Waals surface area contributed by atoms with Gasteiger partial charge in [-0.15, -0.1) is 0 Å². The van der Waals surface area contributed by atoms with E-state index >= 15 is 0 Å². The van der Waals surface area contributed by atoms with E-state index in [-0.39, 0.29) is 30.6 Å². The maximum atomic E-state index is 11.4. The van der Waals surface area contributed by atoms with E-state index in [9.17, 15) is 14.4 Å². The smallest absolute Gasteiger partial charge is 0.231 e. The summed E-state index contributed by atoms with van der Waals surface area (Å²) in [4.78, 5) is 33.3. The van der Waals surface area contributed by atoms with Gasteiger partial charge in [-0.1, -0.05) is 18.2 Å². The number of Topliss-reactive ketones (excluding diaryl/α,β-unsaturated/α-hetero) is 1. The second-order valence-corrected chi connectivity index (χ2v) is 3.54. The van der Waals surface area contributed by atoms with Gasteiger partial charge in [0.25, 0.3) is 0 Å². The first-order valence-electron chi connectivity index (χ1n) is 5.19. The fraction of sp³-hybridized carbons (Fsp3) is 0.250. The Hall–Kier alpha value is -2.17. The van der Waals surface area contributed by atoms with E-state index in [0.717, 1.165) is 0 Å². The van der Waals surface area contributed by atoms with Crippen molar-refractivity contribution in [2.45, 2.75) is 13.3 Å². The van der Waals surface area contributed by atoms with Crippen LogP contribution in [0.1, 0.15) is 13.3 Å². The van der Waals surface area contributed by atoms with Crippen LogP contribution in [0.15, 0.2) is 30.3 Å². The van der Waals surface area contributed by atoms with Gasteiger partial charge >= 0.3 is 0 Å². The summed E-state index contributed by atoms with van der Waals surface area (Å²) in [7, 11) is 0.